The number of ketones is 4. The van der Waals surface area contributed by atoms with Crippen molar-refractivity contribution in [1.29, 1.82) is 0 Å². The van der Waals surface area contributed by atoms with E-state index in [9.17, 15) is 63.2 Å². The fraction of sp³-hybridized carbons (Fsp3) is 0.0588. The second-order valence-electron chi connectivity index (χ2n) is 28.9. The first kappa shape index (κ1) is 87.2. The molecule has 16 rings (SSSR count). The highest BCUT2D eigenvalue weighted by molar-refractivity contribution is 7.23. The van der Waals surface area contributed by atoms with Gasteiger partial charge < -0.3 is 40.9 Å². The van der Waals surface area contributed by atoms with Crippen molar-refractivity contribution in [1.82, 2.24) is 0 Å². The lowest BCUT2D eigenvalue weighted by molar-refractivity contribution is -0.132. The molecule has 16 aromatic rings. The Balaban J connectivity index is 0.000000142. The lowest BCUT2D eigenvalue weighted by atomic mass is 9.93. The van der Waals surface area contributed by atoms with Crippen LogP contribution in [0.5, 0.6) is 23.0 Å². The molecule has 0 spiro atoms. The van der Waals surface area contributed by atoms with Crippen molar-refractivity contribution in [3.63, 3.8) is 0 Å². The van der Waals surface area contributed by atoms with Gasteiger partial charge in [-0.2, -0.15) is 0 Å². The summed E-state index contributed by atoms with van der Waals surface area (Å²) in [6, 6.07) is 70.5. The summed E-state index contributed by atoms with van der Waals surface area (Å²) in [5.41, 5.74) is 17.0. The number of fused-ring (bicyclic) bond motifs is 4. The molecule has 0 saturated heterocycles. The molecule has 8 N–H and O–H groups in total. The maximum Gasteiger partial charge on any atom is 0.328 e. The number of benzene rings is 12. The van der Waals surface area contributed by atoms with E-state index in [0.29, 0.717) is 57.9 Å². The fourth-order valence-electron chi connectivity index (χ4n) is 14.3. The van der Waals surface area contributed by atoms with E-state index in [2.05, 4.69) is 0 Å². The molecule has 0 aliphatic heterocycles. The average Bonchev–Trinajstić information content (AvgIpc) is 1.63. The number of carbonyl (C=O) groups excluding carboxylic acids is 4. The number of carbonyl (C=O) groups is 8. The molecule has 124 heavy (non-hydrogen) atoms. The lowest BCUT2D eigenvalue weighted by Gasteiger charge is -2.10. The van der Waals surface area contributed by atoms with E-state index in [1.54, 1.807) is 110 Å². The highest BCUT2D eigenvalue weighted by Gasteiger charge is 2.28. The van der Waals surface area contributed by atoms with Crippen LogP contribution in [-0.4, -0.2) is 87.9 Å². The van der Waals surface area contributed by atoms with Gasteiger partial charge in [0.1, 0.15) is 28.8 Å². The minimum Gasteiger partial charge on any atom is -0.508 e. The van der Waals surface area contributed by atoms with E-state index in [1.165, 1.54) is 87.9 Å². The minimum absolute atomic E-state index is 0.0406. The standard InChI is InChI=1S/2C26H20O4S.C25H17ClO4S.C25H17FO4S/c1-15-3-10-20(16(2)13-15)25(30)26-24(21-11-9-19(27)14-22(21)31-26)18-7-4-17(5-8-18)6-12-23(28)29;1-15-4-3-5-16(2)23(15)25(30)26-24(20-12-11-19(27)14-21(20)31-26)18-9-6-17(7-10-18)8-13-22(28)29;2*1-14-12-17(26)7-9-19(14)24(30)25-23(20-10-8-18(27)13-21(20)31-25)16-5-2-15(3-6-16)4-11-22(28)29/h2*3-14,27H,1-2H3,(H,28,29);2*2-13,27H,1H3,(H,28,29)/b12-6+;13-8+;2*11-4+. The topological polar surface area (TPSA) is 298 Å². The molecule has 4 aromatic heterocycles. The van der Waals surface area contributed by atoms with Gasteiger partial charge in [-0.1, -0.05) is 151 Å². The molecule has 0 atom stereocenters. The van der Waals surface area contributed by atoms with Crippen LogP contribution in [0.25, 0.3) is 109 Å². The Morgan fingerprint density at radius 1 is 0.298 bits per heavy atom. The Labute approximate surface area is 731 Å². The van der Waals surface area contributed by atoms with Gasteiger partial charge in [0.15, 0.2) is 0 Å². The first-order valence-corrected chi connectivity index (χ1v) is 41.9. The van der Waals surface area contributed by atoms with Gasteiger partial charge in [-0.3, -0.25) is 19.2 Å². The first-order chi connectivity index (χ1) is 59.3. The number of carboxylic acid groups (broad SMARTS) is 4. The van der Waals surface area contributed by atoms with Gasteiger partial charge in [-0.15, -0.1) is 45.3 Å². The molecule has 16 nitrogen and oxygen atoms in total. The molecule has 22 heteroatoms. The summed E-state index contributed by atoms with van der Waals surface area (Å²) in [6.45, 7) is 11.3. The number of thiophene rings is 4. The van der Waals surface area contributed by atoms with Crippen molar-refractivity contribution in [2.75, 3.05) is 0 Å². The molecule has 0 aliphatic rings. The van der Waals surface area contributed by atoms with E-state index < -0.39 is 29.7 Å². The predicted octanol–water partition coefficient (Wildman–Crippen LogP) is 25.1. The maximum absolute atomic E-state index is 13.7. The lowest BCUT2D eigenvalue weighted by Crippen LogP contribution is -2.05. The number of aliphatic carboxylic acids is 4. The normalized spacial score (nSPS) is 11.3. The van der Waals surface area contributed by atoms with Crippen LogP contribution < -0.4 is 0 Å². The number of carboxylic acids is 4. The Bertz CT molecular complexity index is 6560. The molecule has 0 aliphatic carbocycles. The zero-order valence-corrected chi connectivity index (χ0v) is 71.0. The fourth-order valence-corrected chi connectivity index (χ4v) is 19.4. The van der Waals surface area contributed by atoms with E-state index in [1.807, 2.05) is 156 Å². The third kappa shape index (κ3) is 20.0. The molecule has 616 valence electrons. The second-order valence-corrected chi connectivity index (χ2v) is 33.6. The molecule has 4 heterocycles. The number of rotatable bonds is 20. The average molecular weight is 1740 g/mol. The van der Waals surface area contributed by atoms with E-state index >= 15 is 0 Å². The zero-order chi connectivity index (χ0) is 88.5. The van der Waals surface area contributed by atoms with Crippen LogP contribution in [0.2, 0.25) is 5.02 Å². The first-order valence-electron chi connectivity index (χ1n) is 38.3. The van der Waals surface area contributed by atoms with Crippen LogP contribution in [0, 0.1) is 47.4 Å². The second kappa shape index (κ2) is 38.0. The molecule has 0 saturated carbocycles. The Morgan fingerprint density at radius 3 is 0.855 bits per heavy atom. The van der Waals surface area contributed by atoms with Crippen molar-refractivity contribution < 1.29 is 83.6 Å². The van der Waals surface area contributed by atoms with Gasteiger partial charge in [0.05, 0.1) is 19.5 Å². The third-order valence-corrected chi connectivity index (χ3v) is 25.0. The van der Waals surface area contributed by atoms with Gasteiger partial charge in [0, 0.05) is 114 Å². The summed E-state index contributed by atoms with van der Waals surface area (Å²) in [5, 5.41) is 79.0. The van der Waals surface area contributed by atoms with Crippen molar-refractivity contribution in [2.24, 2.45) is 0 Å². The number of phenolic OH excluding ortho intramolecular Hbond substituents is 4. The molecular weight excluding hydrogens is 1660 g/mol. The highest BCUT2D eigenvalue weighted by Crippen LogP contribution is 2.47. The van der Waals surface area contributed by atoms with Gasteiger partial charge in [0.25, 0.3) is 0 Å². The molecule has 12 aromatic carbocycles. The molecule has 0 fully saturated rings. The van der Waals surface area contributed by atoms with Gasteiger partial charge in [-0.05, 0) is 247 Å². The minimum atomic E-state index is -1.03. The van der Waals surface area contributed by atoms with Crippen LogP contribution in [-0.2, 0) is 19.2 Å². The summed E-state index contributed by atoms with van der Waals surface area (Å²) in [7, 11) is 0. The Hall–Kier alpha value is -14.6. The Morgan fingerprint density at radius 2 is 0.573 bits per heavy atom. The van der Waals surface area contributed by atoms with Gasteiger partial charge in [0.2, 0.25) is 23.1 Å². The zero-order valence-electron chi connectivity index (χ0n) is 66.9. The molecular formula is C102H74ClFO16S4. The van der Waals surface area contributed by atoms with Crippen molar-refractivity contribution in [3.05, 3.63) is 375 Å². The van der Waals surface area contributed by atoms with E-state index in [0.717, 1.165) is 154 Å². The maximum atomic E-state index is 13.7. The van der Waals surface area contributed by atoms with Crippen LogP contribution in [0.3, 0.4) is 0 Å². The summed E-state index contributed by atoms with van der Waals surface area (Å²) < 4.78 is 16.8. The van der Waals surface area contributed by atoms with E-state index in [4.69, 9.17) is 32.0 Å². The monoisotopic (exact) mass is 1740 g/mol. The number of hydrogen-bond acceptors (Lipinski definition) is 16. The van der Waals surface area contributed by atoms with Gasteiger partial charge >= 0.3 is 23.9 Å². The van der Waals surface area contributed by atoms with Crippen LogP contribution in [0.4, 0.5) is 4.39 Å². The number of aryl methyl sites for hydroxylation is 6. The number of phenols is 4. The SMILES string of the molecule is Cc1cc(Cl)ccc1C(=O)c1sc2cc(O)ccc2c1-c1ccc(/C=C/C(=O)O)cc1.Cc1cc(F)ccc1C(=O)c1sc2cc(O)ccc2c1-c1ccc(/C=C/C(=O)O)cc1.Cc1ccc(C(=O)c2sc3cc(O)ccc3c2-c2ccc(/C=C/C(=O)O)cc2)c(C)c1.Cc1cccc(C)c1C(=O)c1sc2cc(O)ccc2c1-c1ccc(/C=C/C(=O)O)cc1. The largest absolute Gasteiger partial charge is 0.508 e. The molecule has 0 unspecified atom stereocenters. The van der Waals surface area contributed by atoms with Crippen molar-refractivity contribution in [2.45, 2.75) is 41.5 Å². The summed E-state index contributed by atoms with van der Waals surface area (Å²) in [4.78, 5) is 99.4. The van der Waals surface area contributed by atoms with Crippen molar-refractivity contribution in [3.8, 4) is 67.5 Å². The number of hydrogen-bond donors (Lipinski definition) is 8. The molecule has 0 amide bonds. The van der Waals surface area contributed by atoms with E-state index in [-0.39, 0.29) is 46.1 Å². The summed E-state index contributed by atoms with van der Waals surface area (Å²) >= 11 is 11.4. The Kier molecular flexibility index (Phi) is 26.7. The number of halogens is 2. The molecule has 0 bridgehead atoms. The smallest absolute Gasteiger partial charge is 0.328 e. The highest BCUT2D eigenvalue weighted by atomic mass is 35.5. The van der Waals surface area contributed by atoms with Crippen LogP contribution in [0.15, 0.2) is 267 Å². The van der Waals surface area contributed by atoms with Crippen molar-refractivity contribution >= 4 is 169 Å². The molecule has 0 radical (unpaired) electrons. The third-order valence-electron chi connectivity index (χ3n) is 20.2. The summed E-state index contributed by atoms with van der Waals surface area (Å²) in [5.74, 6) is -4.34. The summed E-state index contributed by atoms with van der Waals surface area (Å²) in [6.07, 6.45) is 10.4. The number of aromatic hydroxyl groups is 4. The quantitative estimate of drug-likeness (QED) is 0.0260. The van der Waals surface area contributed by atoms with Gasteiger partial charge in [-0.25, -0.2) is 23.6 Å². The van der Waals surface area contributed by atoms with Crippen LogP contribution >= 0.6 is 56.9 Å². The predicted molar refractivity (Wildman–Crippen MR) is 495 cm³/mol. The van der Waals surface area contributed by atoms with Crippen LogP contribution in [0.1, 0.15) is 117 Å².